The molecule has 4 heterocycles. The van der Waals surface area contributed by atoms with Gasteiger partial charge in [0.05, 0.1) is 5.52 Å². The first-order valence-corrected chi connectivity index (χ1v) is 12.5. The van der Waals surface area contributed by atoms with E-state index in [-0.39, 0.29) is 0 Å². The van der Waals surface area contributed by atoms with Crippen LogP contribution < -0.4 is 5.32 Å². The molecule has 2 N–H and O–H groups in total. The number of hydrogen-bond donors (Lipinski definition) is 2. The summed E-state index contributed by atoms with van der Waals surface area (Å²) < 4.78 is 34.5. The van der Waals surface area contributed by atoms with Crippen molar-refractivity contribution in [3.05, 3.63) is 88.9 Å². The second kappa shape index (κ2) is 8.30. The highest BCUT2D eigenvalue weighted by atomic mass is 32.2. The number of allylic oxidation sites excluding steroid dienone is 4. The Morgan fingerprint density at radius 1 is 1.18 bits per heavy atom. The van der Waals surface area contributed by atoms with E-state index in [0.717, 1.165) is 36.3 Å². The van der Waals surface area contributed by atoms with Crippen LogP contribution in [-0.4, -0.2) is 41.0 Å². The zero-order chi connectivity index (χ0) is 23.2. The van der Waals surface area contributed by atoms with Crippen molar-refractivity contribution >= 4 is 26.7 Å². The van der Waals surface area contributed by atoms with Crippen molar-refractivity contribution in [1.82, 2.24) is 19.8 Å². The molecular formula is C25H26N4O3S. The zero-order valence-corrected chi connectivity index (χ0v) is 19.4. The van der Waals surface area contributed by atoms with E-state index < -0.39 is 15.9 Å². The Morgan fingerprint density at radius 2 is 2.03 bits per heavy atom. The SMILES string of the molecule is Cc1cc(C2=CC=CC=CN2)c2c(c1)c1c(n2-c2cc(CS(=O)(=O)O)ccn2)CCN(C)C1. The number of pyridine rings is 1. The lowest BCUT2D eigenvalue weighted by Gasteiger charge is -2.24. The third-order valence-corrected chi connectivity index (χ3v) is 6.78. The average Bonchev–Trinajstić information content (AvgIpc) is 2.90. The summed E-state index contributed by atoms with van der Waals surface area (Å²) in [6.45, 7) is 3.86. The second-order valence-corrected chi connectivity index (χ2v) is 10.1. The van der Waals surface area contributed by atoms with Crippen LogP contribution in [0.5, 0.6) is 0 Å². The van der Waals surface area contributed by atoms with Crippen LogP contribution >= 0.6 is 0 Å². The highest BCUT2D eigenvalue weighted by molar-refractivity contribution is 7.85. The minimum Gasteiger partial charge on any atom is -0.361 e. The van der Waals surface area contributed by atoms with Crippen molar-refractivity contribution in [1.29, 1.82) is 0 Å². The Bertz CT molecular complexity index is 1450. The number of fused-ring (bicyclic) bond motifs is 3. The molecule has 8 heteroatoms. The third-order valence-electron chi connectivity index (χ3n) is 6.08. The quantitative estimate of drug-likeness (QED) is 0.575. The summed E-state index contributed by atoms with van der Waals surface area (Å²) in [6.07, 6.45) is 12.4. The lowest BCUT2D eigenvalue weighted by atomic mass is 10.00. The number of nitrogens with one attached hydrogen (secondary N) is 1. The first kappa shape index (κ1) is 21.6. The van der Waals surface area contributed by atoms with E-state index in [4.69, 9.17) is 0 Å². The molecule has 7 nitrogen and oxygen atoms in total. The van der Waals surface area contributed by atoms with Gasteiger partial charge in [-0.3, -0.25) is 9.12 Å². The lowest BCUT2D eigenvalue weighted by molar-refractivity contribution is 0.311. The molecular weight excluding hydrogens is 436 g/mol. The topological polar surface area (TPSA) is 87.5 Å². The van der Waals surface area contributed by atoms with E-state index in [2.05, 4.69) is 51.9 Å². The Hall–Kier alpha value is -3.20. The molecule has 0 saturated heterocycles. The second-order valence-electron chi connectivity index (χ2n) is 8.67. The number of aryl methyl sites for hydroxylation is 1. The van der Waals surface area contributed by atoms with Crippen molar-refractivity contribution in [2.45, 2.75) is 25.6 Å². The first-order chi connectivity index (χ1) is 15.8. The highest BCUT2D eigenvalue weighted by Gasteiger charge is 2.26. The molecule has 33 heavy (non-hydrogen) atoms. The standard InChI is InChI=1S/C25H26N4O3S/c1-17-12-19-21-15-28(2)11-8-23(21)29(24-14-18(7-10-27-24)16-33(30,31)32)25(19)20(13-17)22-6-4-3-5-9-26-22/h3-7,9-10,12-14,26H,8,11,15-16H2,1-2H3,(H,30,31,32). The van der Waals surface area contributed by atoms with Crippen molar-refractivity contribution in [3.63, 3.8) is 0 Å². The van der Waals surface area contributed by atoms with Gasteiger partial charge in [0.2, 0.25) is 0 Å². The fraction of sp³-hybridized carbons (Fsp3) is 0.240. The van der Waals surface area contributed by atoms with Crippen LogP contribution in [0.4, 0.5) is 0 Å². The normalized spacial score (nSPS) is 16.4. The summed E-state index contributed by atoms with van der Waals surface area (Å²) in [5.41, 5.74) is 7.20. The molecule has 0 radical (unpaired) electrons. The van der Waals surface area contributed by atoms with Crippen LogP contribution in [-0.2, 0) is 28.8 Å². The van der Waals surface area contributed by atoms with Gasteiger partial charge in [-0.05, 0) is 67.1 Å². The summed E-state index contributed by atoms with van der Waals surface area (Å²) in [6, 6.07) is 7.77. The fourth-order valence-corrected chi connectivity index (χ4v) is 5.33. The van der Waals surface area contributed by atoms with Gasteiger partial charge in [-0.15, -0.1) is 0 Å². The van der Waals surface area contributed by atoms with Crippen LogP contribution in [0.1, 0.15) is 27.9 Å². The van der Waals surface area contributed by atoms with E-state index in [1.165, 1.54) is 22.2 Å². The molecule has 0 aliphatic carbocycles. The van der Waals surface area contributed by atoms with Crippen LogP contribution in [0.15, 0.2) is 61.0 Å². The highest BCUT2D eigenvalue weighted by Crippen LogP contribution is 2.37. The largest absolute Gasteiger partial charge is 0.361 e. The molecule has 0 fully saturated rings. The monoisotopic (exact) mass is 462 g/mol. The minimum absolute atomic E-state index is 0.444. The molecule has 3 aromatic rings. The Balaban J connectivity index is 1.82. The van der Waals surface area contributed by atoms with Gasteiger partial charge in [0, 0.05) is 54.2 Å². The van der Waals surface area contributed by atoms with E-state index >= 15 is 0 Å². The van der Waals surface area contributed by atoms with E-state index in [9.17, 15) is 13.0 Å². The van der Waals surface area contributed by atoms with Gasteiger partial charge in [0.1, 0.15) is 11.6 Å². The summed E-state index contributed by atoms with van der Waals surface area (Å²) >= 11 is 0. The molecule has 0 unspecified atom stereocenters. The number of benzene rings is 1. The Labute approximate surface area is 193 Å². The molecule has 0 spiro atoms. The molecule has 2 aromatic heterocycles. The predicted octanol–water partition coefficient (Wildman–Crippen LogP) is 3.72. The van der Waals surface area contributed by atoms with Crippen molar-refractivity contribution in [2.24, 2.45) is 0 Å². The summed E-state index contributed by atoms with van der Waals surface area (Å²) in [7, 11) is -2.02. The maximum Gasteiger partial charge on any atom is 0.269 e. The molecule has 170 valence electrons. The molecule has 0 amide bonds. The van der Waals surface area contributed by atoms with Crippen LogP contribution in [0, 0.1) is 6.92 Å². The smallest absolute Gasteiger partial charge is 0.269 e. The third kappa shape index (κ3) is 4.25. The van der Waals surface area contributed by atoms with Gasteiger partial charge in [0.25, 0.3) is 10.1 Å². The summed E-state index contributed by atoms with van der Waals surface area (Å²) in [4.78, 5) is 6.93. The van der Waals surface area contributed by atoms with Crippen LogP contribution in [0.25, 0.3) is 22.4 Å². The Morgan fingerprint density at radius 3 is 2.85 bits per heavy atom. The number of aromatic nitrogens is 2. The van der Waals surface area contributed by atoms with Gasteiger partial charge in [-0.25, -0.2) is 4.98 Å². The van der Waals surface area contributed by atoms with Crippen molar-refractivity contribution in [3.8, 4) is 5.82 Å². The van der Waals surface area contributed by atoms with Crippen molar-refractivity contribution < 1.29 is 13.0 Å². The van der Waals surface area contributed by atoms with Gasteiger partial charge >= 0.3 is 0 Å². The van der Waals surface area contributed by atoms with Crippen LogP contribution in [0.2, 0.25) is 0 Å². The predicted molar refractivity (Wildman–Crippen MR) is 130 cm³/mol. The van der Waals surface area contributed by atoms with E-state index in [1.807, 2.05) is 24.4 Å². The number of nitrogens with zero attached hydrogens (tertiary/aromatic N) is 3. The zero-order valence-electron chi connectivity index (χ0n) is 18.6. The maximum absolute atomic E-state index is 11.5. The number of hydrogen-bond acceptors (Lipinski definition) is 5. The molecule has 0 bridgehead atoms. The van der Waals surface area contributed by atoms with Gasteiger partial charge in [0.15, 0.2) is 0 Å². The molecule has 0 atom stereocenters. The summed E-state index contributed by atoms with van der Waals surface area (Å²) in [5.74, 6) is 0.207. The van der Waals surface area contributed by atoms with E-state index in [0.29, 0.717) is 11.4 Å². The molecule has 2 aliphatic heterocycles. The average molecular weight is 463 g/mol. The molecule has 0 saturated carbocycles. The number of rotatable bonds is 4. The van der Waals surface area contributed by atoms with E-state index in [1.54, 1.807) is 18.3 Å². The van der Waals surface area contributed by atoms with Gasteiger partial charge in [-0.2, -0.15) is 8.42 Å². The minimum atomic E-state index is -4.14. The Kier molecular flexibility index (Phi) is 5.44. The molecule has 2 aliphatic rings. The number of likely N-dealkylation sites (N-methyl/N-ethyl adjacent to an activating group) is 1. The molecule has 1 aromatic carbocycles. The van der Waals surface area contributed by atoms with Gasteiger partial charge < -0.3 is 10.2 Å². The van der Waals surface area contributed by atoms with Crippen molar-refractivity contribution in [2.75, 3.05) is 13.6 Å². The first-order valence-electron chi connectivity index (χ1n) is 10.9. The maximum atomic E-state index is 11.5. The summed E-state index contributed by atoms with van der Waals surface area (Å²) in [5, 5.41) is 4.56. The van der Waals surface area contributed by atoms with Crippen LogP contribution in [0.3, 0.4) is 0 Å². The fourth-order valence-electron chi connectivity index (χ4n) is 4.73. The molecule has 5 rings (SSSR count). The van der Waals surface area contributed by atoms with Gasteiger partial charge in [-0.1, -0.05) is 12.2 Å². The lowest BCUT2D eigenvalue weighted by Crippen LogP contribution is -2.27.